The van der Waals surface area contributed by atoms with E-state index in [-0.39, 0.29) is 5.96 Å². The normalized spacial score (nSPS) is 20.6. The van der Waals surface area contributed by atoms with Gasteiger partial charge in [0.1, 0.15) is 5.71 Å². The Hall–Kier alpha value is -2.43. The summed E-state index contributed by atoms with van der Waals surface area (Å²) in [6, 6.07) is 8.38. The van der Waals surface area contributed by atoms with Crippen LogP contribution in [0.2, 0.25) is 0 Å². The van der Waals surface area contributed by atoms with Crippen LogP contribution in [0.25, 0.3) is 5.57 Å². The Labute approximate surface area is 118 Å². The predicted molar refractivity (Wildman–Crippen MR) is 83.7 cm³/mol. The molecular weight excluding hydrogens is 250 g/mol. The van der Waals surface area contributed by atoms with Crippen molar-refractivity contribution in [3.63, 3.8) is 0 Å². The van der Waals surface area contributed by atoms with Crippen molar-refractivity contribution in [2.45, 2.75) is 18.9 Å². The summed E-state index contributed by atoms with van der Waals surface area (Å²) < 4.78 is 0. The van der Waals surface area contributed by atoms with Crippen LogP contribution in [-0.4, -0.2) is 30.6 Å². The van der Waals surface area contributed by atoms with Crippen molar-refractivity contribution in [2.75, 3.05) is 7.05 Å². The SMILES string of the molecule is C=C1/C(=N\C(N)=N/C)C(NC2CC2)=Nc2ccccc21. The molecule has 1 saturated carbocycles. The lowest BCUT2D eigenvalue weighted by Gasteiger charge is -2.20. The molecule has 5 nitrogen and oxygen atoms in total. The summed E-state index contributed by atoms with van der Waals surface area (Å²) >= 11 is 0. The first kappa shape index (κ1) is 12.6. The Kier molecular flexibility index (Phi) is 3.10. The molecule has 1 aromatic rings. The second kappa shape index (κ2) is 4.92. The standard InChI is InChI=1S/C15H17N5/c1-9-11-5-3-4-6-12(11)19-14(18-10-7-8-10)13(9)20-15(16)17-2/h3-6,10H,1,7-8H2,2H3,(H2,16,17)(H,18,19)/b20-13+. The van der Waals surface area contributed by atoms with Gasteiger partial charge in [-0.25, -0.2) is 9.98 Å². The van der Waals surface area contributed by atoms with Gasteiger partial charge in [-0.05, 0) is 18.9 Å². The molecule has 20 heavy (non-hydrogen) atoms. The Bertz CT molecular complexity index is 650. The fourth-order valence-electron chi connectivity index (χ4n) is 2.08. The van der Waals surface area contributed by atoms with Gasteiger partial charge >= 0.3 is 0 Å². The maximum Gasteiger partial charge on any atom is 0.215 e. The minimum Gasteiger partial charge on any atom is -0.368 e. The molecule has 0 radical (unpaired) electrons. The van der Waals surface area contributed by atoms with Crippen molar-refractivity contribution < 1.29 is 0 Å². The molecule has 0 bridgehead atoms. The molecule has 0 atom stereocenters. The number of hydrogen-bond donors (Lipinski definition) is 2. The van der Waals surface area contributed by atoms with Gasteiger partial charge in [-0.3, -0.25) is 4.99 Å². The van der Waals surface area contributed by atoms with Gasteiger partial charge in [0.05, 0.1) is 5.69 Å². The molecule has 1 aliphatic carbocycles. The molecule has 0 saturated heterocycles. The lowest BCUT2D eigenvalue weighted by Crippen LogP contribution is -2.36. The van der Waals surface area contributed by atoms with Crippen LogP contribution in [0.3, 0.4) is 0 Å². The fourth-order valence-corrected chi connectivity index (χ4v) is 2.08. The molecule has 102 valence electrons. The van der Waals surface area contributed by atoms with Gasteiger partial charge in [-0.2, -0.15) is 0 Å². The maximum absolute atomic E-state index is 5.73. The van der Waals surface area contributed by atoms with Gasteiger partial charge in [0.2, 0.25) is 5.96 Å². The minimum atomic E-state index is 0.228. The molecule has 3 N–H and O–H groups in total. The van der Waals surface area contributed by atoms with Crippen LogP contribution in [0.5, 0.6) is 0 Å². The zero-order valence-corrected chi connectivity index (χ0v) is 11.4. The summed E-state index contributed by atoms with van der Waals surface area (Å²) in [4.78, 5) is 12.9. The number of amidine groups is 1. The number of rotatable bonds is 1. The summed E-state index contributed by atoms with van der Waals surface area (Å²) in [7, 11) is 1.62. The van der Waals surface area contributed by atoms with E-state index in [2.05, 4.69) is 26.9 Å². The van der Waals surface area contributed by atoms with Crippen LogP contribution in [-0.2, 0) is 0 Å². The number of nitrogens with two attached hydrogens (primary N) is 1. The number of fused-ring (bicyclic) bond motifs is 1. The van der Waals surface area contributed by atoms with Crippen LogP contribution in [0.15, 0.2) is 45.8 Å². The highest BCUT2D eigenvalue weighted by atomic mass is 15.1. The monoisotopic (exact) mass is 267 g/mol. The highest BCUT2D eigenvalue weighted by Crippen LogP contribution is 2.31. The van der Waals surface area contributed by atoms with Gasteiger partial charge in [-0.15, -0.1) is 0 Å². The summed E-state index contributed by atoms with van der Waals surface area (Å²) in [5, 5.41) is 3.39. The van der Waals surface area contributed by atoms with Crippen LogP contribution in [0.4, 0.5) is 5.69 Å². The van der Waals surface area contributed by atoms with Gasteiger partial charge in [-0.1, -0.05) is 24.8 Å². The van der Waals surface area contributed by atoms with Crippen LogP contribution in [0.1, 0.15) is 18.4 Å². The van der Waals surface area contributed by atoms with E-state index in [1.54, 1.807) is 7.05 Å². The Morgan fingerprint density at radius 2 is 2.15 bits per heavy atom. The third-order valence-corrected chi connectivity index (χ3v) is 3.35. The molecule has 0 amide bonds. The zero-order valence-electron chi connectivity index (χ0n) is 11.4. The van der Waals surface area contributed by atoms with Crippen molar-refractivity contribution in [1.82, 2.24) is 5.32 Å². The van der Waals surface area contributed by atoms with Crippen molar-refractivity contribution >= 4 is 28.8 Å². The van der Waals surface area contributed by atoms with Gasteiger partial charge in [0.25, 0.3) is 0 Å². The quantitative estimate of drug-likeness (QED) is 0.602. The average molecular weight is 267 g/mol. The van der Waals surface area contributed by atoms with Crippen LogP contribution in [0, 0.1) is 0 Å². The Morgan fingerprint density at radius 1 is 1.40 bits per heavy atom. The summed E-state index contributed by atoms with van der Waals surface area (Å²) in [5.74, 6) is 0.966. The van der Waals surface area contributed by atoms with E-state index in [1.807, 2.05) is 24.3 Å². The Morgan fingerprint density at radius 3 is 2.85 bits per heavy atom. The second-order valence-corrected chi connectivity index (χ2v) is 4.92. The van der Waals surface area contributed by atoms with Gasteiger partial charge in [0, 0.05) is 24.2 Å². The van der Waals surface area contributed by atoms with Crippen molar-refractivity contribution in [3.05, 3.63) is 36.4 Å². The van der Waals surface area contributed by atoms with E-state index in [9.17, 15) is 0 Å². The predicted octanol–water partition coefficient (Wildman–Crippen LogP) is 1.88. The number of nitrogens with zero attached hydrogens (tertiary/aromatic N) is 3. The summed E-state index contributed by atoms with van der Waals surface area (Å²) in [6.07, 6.45) is 2.33. The number of para-hydroxylation sites is 1. The highest BCUT2D eigenvalue weighted by molar-refractivity contribution is 6.60. The topological polar surface area (TPSA) is 75.1 Å². The third kappa shape index (κ3) is 2.34. The van der Waals surface area contributed by atoms with Crippen molar-refractivity contribution in [2.24, 2.45) is 20.7 Å². The molecule has 1 aromatic carbocycles. The molecule has 1 fully saturated rings. The molecule has 2 aliphatic rings. The molecule has 1 aliphatic heterocycles. The second-order valence-electron chi connectivity index (χ2n) is 4.92. The molecule has 1 heterocycles. The molecule has 3 rings (SSSR count). The number of benzene rings is 1. The molecular formula is C15H17N5. The molecule has 0 aromatic heterocycles. The fraction of sp³-hybridized carbons (Fsp3) is 0.267. The zero-order chi connectivity index (χ0) is 14.1. The van der Waals surface area contributed by atoms with Crippen LogP contribution >= 0.6 is 0 Å². The minimum absolute atomic E-state index is 0.228. The molecule has 0 spiro atoms. The first-order valence-electron chi connectivity index (χ1n) is 6.64. The number of guanidine groups is 1. The lowest BCUT2D eigenvalue weighted by atomic mass is 9.97. The van der Waals surface area contributed by atoms with Gasteiger partial charge in [0.15, 0.2) is 5.84 Å². The number of nitrogens with one attached hydrogen (secondary N) is 1. The van der Waals surface area contributed by atoms with E-state index < -0.39 is 0 Å². The van der Waals surface area contributed by atoms with Gasteiger partial charge < -0.3 is 11.1 Å². The largest absolute Gasteiger partial charge is 0.368 e. The first-order valence-corrected chi connectivity index (χ1v) is 6.64. The van der Waals surface area contributed by atoms with E-state index in [1.165, 1.54) is 0 Å². The summed E-state index contributed by atoms with van der Waals surface area (Å²) in [6.45, 7) is 4.14. The summed E-state index contributed by atoms with van der Waals surface area (Å²) in [5.41, 5.74) is 9.13. The molecule has 5 heteroatoms. The lowest BCUT2D eigenvalue weighted by molar-refractivity contribution is 0.915. The van der Waals surface area contributed by atoms with E-state index in [4.69, 9.17) is 5.73 Å². The van der Waals surface area contributed by atoms with E-state index >= 15 is 0 Å². The van der Waals surface area contributed by atoms with Crippen LogP contribution < -0.4 is 11.1 Å². The Balaban J connectivity index is 2.08. The van der Waals surface area contributed by atoms with Crippen molar-refractivity contribution in [1.29, 1.82) is 0 Å². The molecule has 0 unspecified atom stereocenters. The number of aliphatic imine (C=N–C) groups is 3. The average Bonchev–Trinajstić information content (AvgIpc) is 3.27. The smallest absolute Gasteiger partial charge is 0.215 e. The third-order valence-electron chi connectivity index (χ3n) is 3.35. The highest BCUT2D eigenvalue weighted by Gasteiger charge is 2.28. The van der Waals surface area contributed by atoms with Crippen molar-refractivity contribution in [3.8, 4) is 0 Å². The number of hydrogen-bond acceptors (Lipinski definition) is 3. The maximum atomic E-state index is 5.73. The first-order chi connectivity index (χ1) is 9.69. The van der Waals surface area contributed by atoms with E-state index in [0.29, 0.717) is 11.8 Å². The van der Waals surface area contributed by atoms with E-state index in [0.717, 1.165) is 35.5 Å².